The van der Waals surface area contributed by atoms with Crippen molar-refractivity contribution < 1.29 is 4.74 Å². The number of aromatic nitrogens is 1. The van der Waals surface area contributed by atoms with Crippen molar-refractivity contribution in [3.63, 3.8) is 0 Å². The van der Waals surface area contributed by atoms with E-state index in [4.69, 9.17) is 4.74 Å². The highest BCUT2D eigenvalue weighted by atomic mass is 79.9. The van der Waals surface area contributed by atoms with Crippen LogP contribution in [0, 0.1) is 0 Å². The van der Waals surface area contributed by atoms with E-state index in [0.29, 0.717) is 6.61 Å². The van der Waals surface area contributed by atoms with Crippen LogP contribution in [-0.2, 0) is 6.42 Å². The Morgan fingerprint density at radius 3 is 2.78 bits per heavy atom. The zero-order valence-electron chi connectivity index (χ0n) is 13.0. The van der Waals surface area contributed by atoms with Gasteiger partial charge in [-0.15, -0.1) is 0 Å². The smallest absolute Gasteiger partial charge is 0.119 e. The minimum atomic E-state index is 0.209. The number of hydrogen-bond acceptors (Lipinski definition) is 2. The first-order valence-corrected chi connectivity index (χ1v) is 8.81. The lowest BCUT2D eigenvalue weighted by molar-refractivity contribution is 0.340. The molecule has 0 saturated carbocycles. The molecule has 0 radical (unpaired) electrons. The highest BCUT2D eigenvalue weighted by molar-refractivity contribution is 9.10. The van der Waals surface area contributed by atoms with Crippen molar-refractivity contribution in [3.8, 4) is 5.75 Å². The van der Waals surface area contributed by atoms with Crippen LogP contribution in [0.25, 0.3) is 10.9 Å². The van der Waals surface area contributed by atoms with Crippen LogP contribution in [0.4, 0.5) is 0 Å². The van der Waals surface area contributed by atoms with Crippen molar-refractivity contribution in [1.82, 2.24) is 10.3 Å². The number of benzene rings is 2. The largest absolute Gasteiger partial charge is 0.494 e. The summed E-state index contributed by atoms with van der Waals surface area (Å²) < 4.78 is 6.67. The molecule has 1 atom stereocenters. The van der Waals surface area contributed by atoms with Crippen molar-refractivity contribution in [2.75, 3.05) is 13.2 Å². The fourth-order valence-corrected chi connectivity index (χ4v) is 3.77. The van der Waals surface area contributed by atoms with E-state index in [0.717, 1.165) is 23.2 Å². The average molecular weight is 371 g/mol. The third kappa shape index (κ3) is 2.66. The van der Waals surface area contributed by atoms with E-state index in [1.165, 1.54) is 27.7 Å². The van der Waals surface area contributed by atoms with Crippen LogP contribution in [0.5, 0.6) is 5.75 Å². The van der Waals surface area contributed by atoms with Gasteiger partial charge in [0.25, 0.3) is 0 Å². The van der Waals surface area contributed by atoms with Crippen LogP contribution < -0.4 is 10.1 Å². The van der Waals surface area contributed by atoms with Gasteiger partial charge in [-0.05, 0) is 54.8 Å². The molecular formula is C19H19BrN2O. The first-order valence-electron chi connectivity index (χ1n) is 8.02. The van der Waals surface area contributed by atoms with Gasteiger partial charge in [0.2, 0.25) is 0 Å². The highest BCUT2D eigenvalue weighted by Gasteiger charge is 2.25. The maximum atomic E-state index is 5.55. The molecule has 0 bridgehead atoms. The number of aromatic amines is 1. The molecule has 23 heavy (non-hydrogen) atoms. The molecule has 3 aromatic rings. The number of nitrogens with one attached hydrogen (secondary N) is 2. The lowest BCUT2D eigenvalue weighted by atomic mass is 9.94. The number of ether oxygens (including phenoxy) is 1. The minimum absolute atomic E-state index is 0.209. The Bertz CT molecular complexity index is 838. The van der Waals surface area contributed by atoms with Gasteiger partial charge in [0.05, 0.1) is 12.6 Å². The molecule has 0 spiro atoms. The molecule has 0 aliphatic carbocycles. The summed E-state index contributed by atoms with van der Waals surface area (Å²) in [6, 6.07) is 15.1. The van der Waals surface area contributed by atoms with Crippen molar-refractivity contribution in [1.29, 1.82) is 0 Å². The van der Waals surface area contributed by atoms with Crippen LogP contribution >= 0.6 is 15.9 Å². The molecule has 1 aliphatic rings. The number of halogens is 1. The number of H-pyrrole nitrogens is 1. The molecule has 2 N–H and O–H groups in total. The van der Waals surface area contributed by atoms with Crippen molar-refractivity contribution in [3.05, 3.63) is 63.8 Å². The number of rotatable bonds is 3. The SMILES string of the molecule is CCOc1ccc(C2NCCc3c2[nH]c2ccc(Br)cc32)cc1. The van der Waals surface area contributed by atoms with E-state index in [9.17, 15) is 0 Å². The molecule has 4 heteroatoms. The van der Waals surface area contributed by atoms with E-state index in [1.807, 2.05) is 19.1 Å². The van der Waals surface area contributed by atoms with Gasteiger partial charge in [-0.3, -0.25) is 0 Å². The van der Waals surface area contributed by atoms with Crippen molar-refractivity contribution in [2.24, 2.45) is 0 Å². The molecule has 118 valence electrons. The Labute approximate surface area is 144 Å². The van der Waals surface area contributed by atoms with Crippen molar-refractivity contribution >= 4 is 26.8 Å². The monoisotopic (exact) mass is 370 g/mol. The fraction of sp³-hybridized carbons (Fsp3) is 0.263. The lowest BCUT2D eigenvalue weighted by Crippen LogP contribution is -2.30. The van der Waals surface area contributed by atoms with Gasteiger partial charge in [-0.2, -0.15) is 0 Å². The second kappa shape index (κ2) is 6.02. The maximum Gasteiger partial charge on any atom is 0.119 e. The van der Waals surface area contributed by atoms with E-state index in [-0.39, 0.29) is 6.04 Å². The van der Waals surface area contributed by atoms with Gasteiger partial charge in [-0.1, -0.05) is 28.1 Å². The van der Waals surface area contributed by atoms with E-state index >= 15 is 0 Å². The summed E-state index contributed by atoms with van der Waals surface area (Å²) in [5.74, 6) is 0.924. The Morgan fingerprint density at radius 1 is 1.17 bits per heavy atom. The second-order valence-electron chi connectivity index (χ2n) is 5.85. The van der Waals surface area contributed by atoms with Gasteiger partial charge in [0, 0.05) is 27.6 Å². The van der Waals surface area contributed by atoms with E-state index in [2.05, 4.69) is 56.6 Å². The minimum Gasteiger partial charge on any atom is -0.494 e. The first-order chi connectivity index (χ1) is 11.3. The highest BCUT2D eigenvalue weighted by Crippen LogP contribution is 2.35. The van der Waals surface area contributed by atoms with Gasteiger partial charge in [0.1, 0.15) is 5.75 Å². The Hall–Kier alpha value is -1.78. The predicted octanol–water partition coefficient (Wildman–Crippen LogP) is 4.56. The molecule has 2 heterocycles. The molecule has 1 aromatic heterocycles. The van der Waals surface area contributed by atoms with Crippen LogP contribution in [0.15, 0.2) is 46.9 Å². The molecule has 1 unspecified atom stereocenters. The quantitative estimate of drug-likeness (QED) is 0.708. The van der Waals surface area contributed by atoms with Gasteiger partial charge in [0.15, 0.2) is 0 Å². The fourth-order valence-electron chi connectivity index (χ4n) is 3.41. The zero-order chi connectivity index (χ0) is 15.8. The van der Waals surface area contributed by atoms with Crippen LogP contribution in [-0.4, -0.2) is 18.1 Å². The summed E-state index contributed by atoms with van der Waals surface area (Å²) in [5, 5.41) is 4.96. The Balaban J connectivity index is 1.76. The second-order valence-corrected chi connectivity index (χ2v) is 6.76. The van der Waals surface area contributed by atoms with Gasteiger partial charge >= 0.3 is 0 Å². The van der Waals surface area contributed by atoms with Gasteiger partial charge < -0.3 is 15.0 Å². The van der Waals surface area contributed by atoms with Crippen LogP contribution in [0.2, 0.25) is 0 Å². The van der Waals surface area contributed by atoms with Crippen LogP contribution in [0.1, 0.15) is 29.8 Å². The van der Waals surface area contributed by atoms with Crippen LogP contribution in [0.3, 0.4) is 0 Å². The molecule has 4 rings (SSSR count). The molecule has 1 aliphatic heterocycles. The summed E-state index contributed by atoms with van der Waals surface area (Å²) in [6.07, 6.45) is 1.05. The zero-order valence-corrected chi connectivity index (χ0v) is 14.6. The third-order valence-electron chi connectivity index (χ3n) is 4.44. The molecule has 3 nitrogen and oxygen atoms in total. The maximum absolute atomic E-state index is 5.55. The predicted molar refractivity (Wildman–Crippen MR) is 97.2 cm³/mol. The summed E-state index contributed by atoms with van der Waals surface area (Å²) in [6.45, 7) is 3.69. The molecule has 0 amide bonds. The van der Waals surface area contributed by atoms with E-state index in [1.54, 1.807) is 0 Å². The topological polar surface area (TPSA) is 37.0 Å². The average Bonchev–Trinajstić information content (AvgIpc) is 2.94. The normalized spacial score (nSPS) is 17.2. The van der Waals surface area contributed by atoms with Crippen molar-refractivity contribution in [2.45, 2.75) is 19.4 Å². The number of hydrogen-bond donors (Lipinski definition) is 2. The number of fused-ring (bicyclic) bond motifs is 3. The summed E-state index contributed by atoms with van der Waals surface area (Å²) in [7, 11) is 0. The third-order valence-corrected chi connectivity index (χ3v) is 4.93. The Morgan fingerprint density at radius 2 is 2.00 bits per heavy atom. The Kier molecular flexibility index (Phi) is 3.87. The molecular weight excluding hydrogens is 352 g/mol. The summed E-state index contributed by atoms with van der Waals surface area (Å²) >= 11 is 3.58. The summed E-state index contributed by atoms with van der Waals surface area (Å²) in [5.41, 5.74) is 5.19. The molecule has 0 saturated heterocycles. The lowest BCUT2D eigenvalue weighted by Gasteiger charge is -2.25. The van der Waals surface area contributed by atoms with E-state index < -0.39 is 0 Å². The molecule has 2 aromatic carbocycles. The molecule has 0 fully saturated rings. The first kappa shape index (κ1) is 14.8. The van der Waals surface area contributed by atoms with Gasteiger partial charge in [-0.25, -0.2) is 0 Å². The summed E-state index contributed by atoms with van der Waals surface area (Å²) in [4.78, 5) is 3.62. The standard InChI is InChI=1S/C19H19BrN2O/c1-2-23-14-6-3-12(4-7-14)18-19-15(9-10-21-18)16-11-13(20)5-8-17(16)22-19/h3-8,11,18,21-22H,2,9-10H2,1H3.